The molecule has 0 aliphatic carbocycles. The molecular formula is C26H43N5O2. The molecule has 1 heterocycles. The van der Waals surface area contributed by atoms with E-state index in [0.29, 0.717) is 12.8 Å². The van der Waals surface area contributed by atoms with Crippen LogP contribution in [0.25, 0.3) is 0 Å². The zero-order chi connectivity index (χ0) is 24.2. The lowest BCUT2D eigenvalue weighted by Crippen LogP contribution is -2.25. The van der Waals surface area contributed by atoms with Crippen LogP contribution in [0.2, 0.25) is 0 Å². The summed E-state index contributed by atoms with van der Waals surface area (Å²) in [6.45, 7) is 14.7. The summed E-state index contributed by atoms with van der Waals surface area (Å²) < 4.78 is 6.00. The minimum Gasteiger partial charge on any atom is -0.494 e. The second-order valence-electron chi connectivity index (χ2n) is 8.63. The first kappa shape index (κ1) is 26.9. The summed E-state index contributed by atoms with van der Waals surface area (Å²) in [4.78, 5) is 11.3. The maximum Gasteiger partial charge on any atom is 0.222 e. The fourth-order valence-electron chi connectivity index (χ4n) is 4.10. The van der Waals surface area contributed by atoms with E-state index in [1.54, 1.807) is 0 Å². The Morgan fingerprint density at radius 1 is 1.12 bits per heavy atom. The number of hydrogen-bond acceptors (Lipinski definition) is 7. The van der Waals surface area contributed by atoms with Crippen molar-refractivity contribution in [3.63, 3.8) is 0 Å². The summed E-state index contributed by atoms with van der Waals surface area (Å²) in [5, 5.41) is 13.0. The van der Waals surface area contributed by atoms with Crippen molar-refractivity contribution in [1.29, 1.82) is 0 Å². The zero-order valence-electron chi connectivity index (χ0n) is 21.2. The summed E-state index contributed by atoms with van der Waals surface area (Å²) in [7, 11) is 0. The van der Waals surface area contributed by atoms with Crippen LogP contribution in [0.1, 0.15) is 68.8 Å². The molecule has 0 spiro atoms. The van der Waals surface area contributed by atoms with Gasteiger partial charge in [0.25, 0.3) is 0 Å². The Kier molecular flexibility index (Phi) is 11.4. The van der Waals surface area contributed by atoms with Crippen LogP contribution in [-0.2, 0) is 6.42 Å². The van der Waals surface area contributed by atoms with Gasteiger partial charge in [0.05, 0.1) is 6.61 Å². The number of ether oxygens (including phenoxy) is 1. The van der Waals surface area contributed by atoms with Crippen molar-refractivity contribution in [2.45, 2.75) is 72.8 Å². The number of anilines is 2. The zero-order valence-corrected chi connectivity index (χ0v) is 21.2. The number of nitrogens with zero attached hydrogens (tertiary/aromatic N) is 3. The van der Waals surface area contributed by atoms with Gasteiger partial charge in [-0.3, -0.25) is 0 Å². The third-order valence-corrected chi connectivity index (χ3v) is 6.15. The van der Waals surface area contributed by atoms with E-state index in [4.69, 9.17) is 10.5 Å². The van der Waals surface area contributed by atoms with E-state index in [-0.39, 0.29) is 18.6 Å². The quantitative estimate of drug-likeness (QED) is 0.342. The third kappa shape index (κ3) is 8.48. The molecule has 1 aromatic carbocycles. The van der Waals surface area contributed by atoms with Crippen LogP contribution in [0, 0.1) is 13.8 Å². The number of hydrogen-bond donors (Lipinski definition) is 3. The molecule has 7 nitrogen and oxygen atoms in total. The smallest absolute Gasteiger partial charge is 0.222 e. The molecular weight excluding hydrogens is 414 g/mol. The molecule has 0 saturated heterocycles. The van der Waals surface area contributed by atoms with Crippen LogP contribution in [-0.4, -0.2) is 58.9 Å². The lowest BCUT2D eigenvalue weighted by Gasteiger charge is -2.21. The number of nitrogens with one attached hydrogen (secondary N) is 1. The van der Waals surface area contributed by atoms with Crippen molar-refractivity contribution in [2.24, 2.45) is 0 Å². The number of aromatic nitrogens is 2. The molecule has 0 amide bonds. The fourth-order valence-corrected chi connectivity index (χ4v) is 4.10. The number of nitrogens with two attached hydrogens (primary N) is 1. The Labute approximate surface area is 199 Å². The predicted molar refractivity (Wildman–Crippen MR) is 137 cm³/mol. The van der Waals surface area contributed by atoms with Crippen molar-refractivity contribution < 1.29 is 9.84 Å². The van der Waals surface area contributed by atoms with Gasteiger partial charge in [-0.15, -0.1) is 0 Å². The van der Waals surface area contributed by atoms with Crippen molar-refractivity contribution >= 4 is 11.8 Å². The summed E-state index contributed by atoms with van der Waals surface area (Å²) in [6, 6.07) is 6.44. The average Bonchev–Trinajstić information content (AvgIpc) is 2.78. The predicted octanol–water partition coefficient (Wildman–Crippen LogP) is 4.34. The lowest BCUT2D eigenvalue weighted by atomic mass is 9.99. The monoisotopic (exact) mass is 457 g/mol. The Morgan fingerprint density at radius 3 is 2.52 bits per heavy atom. The van der Waals surface area contributed by atoms with E-state index in [1.165, 1.54) is 11.1 Å². The minimum absolute atomic E-state index is 0.141. The summed E-state index contributed by atoms with van der Waals surface area (Å²) in [5.74, 6) is 1.94. The lowest BCUT2D eigenvalue weighted by molar-refractivity contribution is 0.249. The highest BCUT2D eigenvalue weighted by Gasteiger charge is 2.16. The highest BCUT2D eigenvalue weighted by molar-refractivity contribution is 5.53. The van der Waals surface area contributed by atoms with Gasteiger partial charge in [0.1, 0.15) is 11.6 Å². The maximum atomic E-state index is 9.44. The van der Waals surface area contributed by atoms with Crippen molar-refractivity contribution in [2.75, 3.05) is 43.9 Å². The molecule has 0 bridgehead atoms. The van der Waals surface area contributed by atoms with Crippen LogP contribution in [0.4, 0.5) is 11.8 Å². The Morgan fingerprint density at radius 2 is 1.88 bits per heavy atom. The van der Waals surface area contributed by atoms with Crippen LogP contribution < -0.4 is 15.8 Å². The van der Waals surface area contributed by atoms with E-state index in [2.05, 4.69) is 60.0 Å². The molecule has 1 atom stereocenters. The standard InChI is InChI=1S/C26H43N5O2/c1-6-10-22(13-15-32)29-25-24(20(5)28-26(27)30-25)18-21-11-12-23(17-19(21)4)33-16-9-14-31(7-2)8-3/h11-12,17,22,32H,6-10,13-16,18H2,1-5H3,(H3,27,28,29,30)/t22-/m0/s1. The average molecular weight is 458 g/mol. The molecule has 2 rings (SSSR count). The van der Waals surface area contributed by atoms with Gasteiger partial charge in [0.2, 0.25) is 5.95 Å². The van der Waals surface area contributed by atoms with Gasteiger partial charge in [-0.1, -0.05) is 33.3 Å². The SMILES string of the molecule is CCC[C@@H](CCO)Nc1nc(N)nc(C)c1Cc1ccc(OCCCN(CC)CC)cc1C. The third-order valence-electron chi connectivity index (χ3n) is 6.15. The van der Waals surface area contributed by atoms with Gasteiger partial charge in [-0.2, -0.15) is 4.98 Å². The van der Waals surface area contributed by atoms with E-state index in [9.17, 15) is 5.11 Å². The number of aryl methyl sites for hydroxylation is 2. The van der Waals surface area contributed by atoms with E-state index in [0.717, 1.165) is 68.3 Å². The normalized spacial score (nSPS) is 12.2. The summed E-state index contributed by atoms with van der Waals surface area (Å²) in [6.07, 6.45) is 4.40. The molecule has 0 unspecified atom stereocenters. The van der Waals surface area contributed by atoms with Gasteiger partial charge in [0.15, 0.2) is 0 Å². The number of nitrogen functional groups attached to an aromatic ring is 1. The molecule has 2 aromatic rings. The Bertz CT molecular complexity index is 849. The van der Waals surface area contributed by atoms with Gasteiger partial charge in [0, 0.05) is 36.9 Å². The molecule has 0 fully saturated rings. The molecule has 7 heteroatoms. The largest absolute Gasteiger partial charge is 0.494 e. The Balaban J connectivity index is 2.11. The number of aliphatic hydroxyl groups excluding tert-OH is 1. The first-order valence-corrected chi connectivity index (χ1v) is 12.4. The number of benzene rings is 1. The van der Waals surface area contributed by atoms with E-state index >= 15 is 0 Å². The van der Waals surface area contributed by atoms with Crippen molar-refractivity contribution in [3.05, 3.63) is 40.6 Å². The van der Waals surface area contributed by atoms with Gasteiger partial charge in [-0.05, 0) is 69.5 Å². The maximum absolute atomic E-state index is 9.44. The van der Waals surface area contributed by atoms with E-state index < -0.39 is 0 Å². The highest BCUT2D eigenvalue weighted by Crippen LogP contribution is 2.26. The van der Waals surface area contributed by atoms with Crippen LogP contribution in [0.15, 0.2) is 18.2 Å². The molecule has 4 N–H and O–H groups in total. The summed E-state index contributed by atoms with van der Waals surface area (Å²) >= 11 is 0. The minimum atomic E-state index is 0.141. The molecule has 1 aromatic heterocycles. The van der Waals surface area contributed by atoms with Gasteiger partial charge >= 0.3 is 0 Å². The summed E-state index contributed by atoms with van der Waals surface area (Å²) in [5.41, 5.74) is 10.3. The van der Waals surface area contributed by atoms with Crippen molar-refractivity contribution in [1.82, 2.24) is 14.9 Å². The van der Waals surface area contributed by atoms with Crippen LogP contribution >= 0.6 is 0 Å². The van der Waals surface area contributed by atoms with E-state index in [1.807, 2.05) is 13.0 Å². The molecule has 0 aliphatic heterocycles. The fraction of sp³-hybridized carbons (Fsp3) is 0.615. The van der Waals surface area contributed by atoms with Gasteiger partial charge in [-0.25, -0.2) is 4.98 Å². The molecule has 0 radical (unpaired) electrons. The van der Waals surface area contributed by atoms with Crippen molar-refractivity contribution in [3.8, 4) is 5.75 Å². The number of rotatable bonds is 15. The highest BCUT2D eigenvalue weighted by atomic mass is 16.5. The molecule has 0 saturated carbocycles. The second kappa shape index (κ2) is 14.0. The molecule has 33 heavy (non-hydrogen) atoms. The second-order valence-corrected chi connectivity index (χ2v) is 8.63. The van der Waals surface area contributed by atoms with Crippen LogP contribution in [0.5, 0.6) is 5.75 Å². The molecule has 0 aliphatic rings. The van der Waals surface area contributed by atoms with Gasteiger partial charge < -0.3 is 25.8 Å². The topological polar surface area (TPSA) is 96.5 Å². The first-order chi connectivity index (χ1) is 15.9. The molecule has 184 valence electrons. The van der Waals surface area contributed by atoms with Crippen LogP contribution in [0.3, 0.4) is 0 Å². The Hall–Kier alpha value is -2.38. The number of aliphatic hydroxyl groups is 1. The first-order valence-electron chi connectivity index (χ1n) is 12.4.